The highest BCUT2D eigenvalue weighted by atomic mass is 32.2. The highest BCUT2D eigenvalue weighted by molar-refractivity contribution is 7.89. The molecular weight excluding hydrogens is 292 g/mol. The van der Waals surface area contributed by atoms with Gasteiger partial charge in [0.15, 0.2) is 0 Å². The second-order valence-corrected chi connectivity index (χ2v) is 6.35. The molecule has 0 atom stereocenters. The Morgan fingerprint density at radius 1 is 1.19 bits per heavy atom. The Kier molecular flexibility index (Phi) is 4.59. The molecule has 21 heavy (non-hydrogen) atoms. The number of aryl methyl sites for hydroxylation is 1. The number of hydrogen-bond acceptors (Lipinski definition) is 5. The molecule has 0 heterocycles. The summed E-state index contributed by atoms with van der Waals surface area (Å²) in [5.41, 5.74) is 1.58. The summed E-state index contributed by atoms with van der Waals surface area (Å²) >= 11 is 0. The van der Waals surface area contributed by atoms with Crippen molar-refractivity contribution in [3.05, 3.63) is 64.9 Å². The van der Waals surface area contributed by atoms with E-state index in [0.29, 0.717) is 5.56 Å². The maximum atomic E-state index is 12.1. The maximum absolute atomic E-state index is 12.1. The van der Waals surface area contributed by atoms with E-state index < -0.39 is 10.0 Å². The highest BCUT2D eigenvalue weighted by Crippen LogP contribution is 2.15. The van der Waals surface area contributed by atoms with Crippen molar-refractivity contribution in [1.29, 1.82) is 0 Å². The van der Waals surface area contributed by atoms with E-state index in [2.05, 4.69) is 4.72 Å². The lowest BCUT2D eigenvalue weighted by Gasteiger charge is -2.22. The minimum atomic E-state index is -3.61. The van der Waals surface area contributed by atoms with Gasteiger partial charge >= 0.3 is 0 Å². The Hall–Kier alpha value is -1.93. The normalized spacial score (nSPS) is 11.4. The molecule has 0 amide bonds. The van der Waals surface area contributed by atoms with Crippen molar-refractivity contribution in [3.63, 3.8) is 0 Å². The molecule has 0 saturated heterocycles. The Bertz CT molecular complexity index is 712. The van der Waals surface area contributed by atoms with Crippen LogP contribution >= 0.6 is 0 Å². The molecule has 0 saturated carbocycles. The van der Waals surface area contributed by atoms with Gasteiger partial charge in [0.05, 0.1) is 10.6 Å². The number of hydrogen-bond donors (Lipinski definition) is 2. The second kappa shape index (κ2) is 6.23. The van der Waals surface area contributed by atoms with E-state index in [1.807, 2.05) is 6.92 Å². The van der Waals surface area contributed by atoms with Crippen LogP contribution in [0.1, 0.15) is 11.1 Å². The zero-order chi connectivity index (χ0) is 15.5. The van der Waals surface area contributed by atoms with Gasteiger partial charge in [-0.25, -0.2) is 13.1 Å². The summed E-state index contributed by atoms with van der Waals surface area (Å²) in [5.74, 6) is 0. The predicted molar refractivity (Wildman–Crippen MR) is 79.3 cm³/mol. The summed E-state index contributed by atoms with van der Waals surface area (Å²) in [6, 6.07) is 12.5. The van der Waals surface area contributed by atoms with Gasteiger partial charge in [-0.15, -0.1) is 0 Å². The third-order valence-corrected chi connectivity index (χ3v) is 4.35. The van der Waals surface area contributed by atoms with Gasteiger partial charge in [-0.2, -0.15) is 0 Å². The first-order valence-corrected chi connectivity index (χ1v) is 7.68. The van der Waals surface area contributed by atoms with Gasteiger partial charge in [-0.3, -0.25) is 5.21 Å². The number of benzene rings is 2. The SMILES string of the molecule is Cc1ccc(S(=O)(=O)NCc2cccc(N([O-])O)c2)cc1. The van der Waals surface area contributed by atoms with Crippen LogP contribution in [0.25, 0.3) is 0 Å². The number of anilines is 1. The van der Waals surface area contributed by atoms with Crippen LogP contribution in [0.2, 0.25) is 0 Å². The van der Waals surface area contributed by atoms with Crippen molar-refractivity contribution >= 4 is 15.7 Å². The lowest BCUT2D eigenvalue weighted by molar-refractivity contribution is 0.296. The number of sulfonamides is 1. The molecule has 2 aromatic rings. The Labute approximate surface area is 123 Å². The van der Waals surface area contributed by atoms with Crippen molar-refractivity contribution in [1.82, 2.24) is 4.72 Å². The first-order chi connectivity index (χ1) is 9.88. The molecule has 0 fully saturated rings. The molecule has 0 aliphatic carbocycles. The standard InChI is InChI=1S/C14H15N2O4S/c1-11-5-7-14(8-6-11)21(19,20)15-10-12-3-2-4-13(9-12)16(17)18/h2-9,15,17H,10H2,1H3/q-1. The van der Waals surface area contributed by atoms with Crippen LogP contribution in [0.4, 0.5) is 5.69 Å². The molecule has 6 nitrogen and oxygen atoms in total. The molecule has 2 aromatic carbocycles. The third kappa shape index (κ3) is 4.02. The zero-order valence-electron chi connectivity index (χ0n) is 11.4. The van der Waals surface area contributed by atoms with Crippen LogP contribution in [0.15, 0.2) is 53.4 Å². The average molecular weight is 307 g/mol. The summed E-state index contributed by atoms with van der Waals surface area (Å²) in [4.78, 5) is 0.178. The molecule has 0 aliphatic rings. The van der Waals surface area contributed by atoms with Crippen molar-refractivity contribution < 1.29 is 13.6 Å². The van der Waals surface area contributed by atoms with Crippen molar-refractivity contribution in [2.75, 3.05) is 5.23 Å². The topological polar surface area (TPSA) is 92.7 Å². The fourth-order valence-corrected chi connectivity index (χ4v) is 2.78. The van der Waals surface area contributed by atoms with Crippen molar-refractivity contribution in [2.24, 2.45) is 0 Å². The Morgan fingerprint density at radius 3 is 2.48 bits per heavy atom. The minimum Gasteiger partial charge on any atom is -0.733 e. The van der Waals surface area contributed by atoms with Gasteiger partial charge in [-0.1, -0.05) is 29.8 Å². The van der Waals surface area contributed by atoms with Crippen LogP contribution < -0.4 is 9.95 Å². The molecule has 7 heteroatoms. The average Bonchev–Trinajstić information content (AvgIpc) is 2.46. The summed E-state index contributed by atoms with van der Waals surface area (Å²) in [6.45, 7) is 1.90. The van der Waals surface area contributed by atoms with Gasteiger partial charge in [0.2, 0.25) is 10.0 Å². The minimum absolute atomic E-state index is 0.0257. The predicted octanol–water partition coefficient (Wildman–Crippen LogP) is 2.17. The van der Waals surface area contributed by atoms with E-state index in [9.17, 15) is 13.6 Å². The molecule has 2 N–H and O–H groups in total. The molecule has 0 aromatic heterocycles. The molecule has 0 unspecified atom stereocenters. The summed E-state index contributed by atoms with van der Waals surface area (Å²) < 4.78 is 26.7. The van der Waals surface area contributed by atoms with Crippen LogP contribution in [0, 0.1) is 12.1 Å². The molecule has 112 valence electrons. The first-order valence-electron chi connectivity index (χ1n) is 6.20. The smallest absolute Gasteiger partial charge is 0.240 e. The Balaban J connectivity index is 2.11. The lowest BCUT2D eigenvalue weighted by atomic mass is 10.2. The monoisotopic (exact) mass is 307 g/mol. The zero-order valence-corrected chi connectivity index (χ0v) is 12.2. The van der Waals surface area contributed by atoms with Crippen LogP contribution in [-0.4, -0.2) is 13.6 Å². The van der Waals surface area contributed by atoms with Crippen molar-refractivity contribution in [2.45, 2.75) is 18.4 Å². The summed E-state index contributed by atoms with van der Waals surface area (Å²) in [6.07, 6.45) is 0. The third-order valence-electron chi connectivity index (χ3n) is 2.93. The molecule has 0 radical (unpaired) electrons. The fraction of sp³-hybridized carbons (Fsp3) is 0.143. The van der Waals surface area contributed by atoms with Crippen LogP contribution in [0.3, 0.4) is 0 Å². The molecule has 2 rings (SSSR count). The van der Waals surface area contributed by atoms with Gasteiger partial charge in [0.1, 0.15) is 0 Å². The first kappa shape index (κ1) is 15.5. The van der Waals surface area contributed by atoms with Gasteiger partial charge < -0.3 is 10.4 Å². The molecule has 0 spiro atoms. The molecular formula is C14H15N2O4S-. The molecule has 0 bridgehead atoms. The summed E-state index contributed by atoms with van der Waals surface area (Å²) in [5, 5.41) is 19.3. The van der Waals surface area contributed by atoms with Gasteiger partial charge in [-0.05, 0) is 36.8 Å². The van der Waals surface area contributed by atoms with Gasteiger partial charge in [0, 0.05) is 6.54 Å². The number of rotatable bonds is 5. The van der Waals surface area contributed by atoms with E-state index in [4.69, 9.17) is 5.21 Å². The maximum Gasteiger partial charge on any atom is 0.240 e. The van der Waals surface area contributed by atoms with E-state index in [1.165, 1.54) is 24.3 Å². The van der Waals surface area contributed by atoms with Crippen molar-refractivity contribution in [3.8, 4) is 0 Å². The quantitative estimate of drug-likeness (QED) is 0.826. The number of nitrogens with zero attached hydrogens (tertiary/aromatic N) is 1. The largest absolute Gasteiger partial charge is 0.733 e. The highest BCUT2D eigenvalue weighted by Gasteiger charge is 2.13. The second-order valence-electron chi connectivity index (χ2n) is 4.58. The van der Waals surface area contributed by atoms with Crippen LogP contribution in [-0.2, 0) is 16.6 Å². The summed E-state index contributed by atoms with van der Waals surface area (Å²) in [7, 11) is -3.61. The fourth-order valence-electron chi connectivity index (χ4n) is 1.76. The van der Waals surface area contributed by atoms with E-state index in [-0.39, 0.29) is 22.4 Å². The van der Waals surface area contributed by atoms with Gasteiger partial charge in [0.25, 0.3) is 0 Å². The van der Waals surface area contributed by atoms with Crippen LogP contribution in [0.5, 0.6) is 0 Å². The lowest BCUT2D eigenvalue weighted by Crippen LogP contribution is -2.23. The Morgan fingerprint density at radius 2 is 1.86 bits per heavy atom. The van der Waals surface area contributed by atoms with E-state index in [0.717, 1.165) is 5.56 Å². The number of nitrogens with one attached hydrogen (secondary N) is 1. The van der Waals surface area contributed by atoms with E-state index in [1.54, 1.807) is 24.3 Å². The molecule has 0 aliphatic heterocycles. The van der Waals surface area contributed by atoms with E-state index >= 15 is 0 Å².